The van der Waals surface area contributed by atoms with Gasteiger partial charge in [-0.05, 0) is 25.2 Å². The van der Waals surface area contributed by atoms with E-state index in [1.807, 2.05) is 12.1 Å². The van der Waals surface area contributed by atoms with E-state index >= 15 is 0 Å². The Morgan fingerprint density at radius 3 is 2.62 bits per heavy atom. The molecule has 7 nitrogen and oxygen atoms in total. The van der Waals surface area contributed by atoms with E-state index in [4.69, 9.17) is 0 Å². The minimum atomic E-state index is -0.252. The fraction of sp³-hybridized carbons (Fsp3) is 0.353. The van der Waals surface area contributed by atoms with Crippen molar-refractivity contribution in [3.8, 4) is 0 Å². The van der Waals surface area contributed by atoms with Crippen molar-refractivity contribution >= 4 is 17.4 Å². The first-order chi connectivity index (χ1) is 11.6. The van der Waals surface area contributed by atoms with Gasteiger partial charge in [-0.25, -0.2) is 4.98 Å². The van der Waals surface area contributed by atoms with E-state index in [2.05, 4.69) is 27.1 Å². The molecule has 1 saturated heterocycles. The molecule has 1 N–H and O–H groups in total. The molecule has 0 radical (unpaired) electrons. The molecule has 0 unspecified atom stereocenters. The summed E-state index contributed by atoms with van der Waals surface area (Å²) in [5.41, 5.74) is 0.429. The Morgan fingerprint density at radius 2 is 1.96 bits per heavy atom. The number of rotatable bonds is 4. The average molecular weight is 327 g/mol. The molecule has 2 aromatic heterocycles. The van der Waals surface area contributed by atoms with Crippen molar-refractivity contribution in [1.29, 1.82) is 0 Å². The van der Waals surface area contributed by atoms with Crippen LogP contribution in [0.15, 0.2) is 47.5 Å². The number of amides is 1. The lowest BCUT2D eigenvalue weighted by atomic mass is 10.3. The van der Waals surface area contributed by atoms with E-state index < -0.39 is 0 Å². The van der Waals surface area contributed by atoms with Gasteiger partial charge in [0.1, 0.15) is 12.4 Å². The Balaban J connectivity index is 1.59. The molecule has 0 spiro atoms. The van der Waals surface area contributed by atoms with E-state index in [1.165, 1.54) is 10.6 Å². The van der Waals surface area contributed by atoms with Crippen molar-refractivity contribution < 1.29 is 4.79 Å². The second-order valence-electron chi connectivity index (χ2n) is 5.91. The zero-order valence-corrected chi connectivity index (χ0v) is 13.7. The summed E-state index contributed by atoms with van der Waals surface area (Å²) in [7, 11) is 2.11. The fourth-order valence-electron chi connectivity index (χ4n) is 2.63. The number of anilines is 2. The predicted molar refractivity (Wildman–Crippen MR) is 93.3 cm³/mol. The monoisotopic (exact) mass is 327 g/mol. The lowest BCUT2D eigenvalue weighted by Crippen LogP contribution is -2.44. The highest BCUT2D eigenvalue weighted by molar-refractivity contribution is 5.90. The van der Waals surface area contributed by atoms with Gasteiger partial charge in [0.25, 0.3) is 5.56 Å². The van der Waals surface area contributed by atoms with E-state index in [0.29, 0.717) is 5.69 Å². The SMILES string of the molecule is CN1CCN(c2ccc(NC(=O)Cn3ccccc3=O)cn2)CC1. The molecule has 24 heavy (non-hydrogen) atoms. The Bertz CT molecular complexity index is 748. The van der Waals surface area contributed by atoms with Crippen LogP contribution in [0.4, 0.5) is 11.5 Å². The first-order valence-corrected chi connectivity index (χ1v) is 7.97. The maximum Gasteiger partial charge on any atom is 0.250 e. The summed E-state index contributed by atoms with van der Waals surface area (Å²) in [4.78, 5) is 32.6. The van der Waals surface area contributed by atoms with Crippen LogP contribution in [0.3, 0.4) is 0 Å². The van der Waals surface area contributed by atoms with Crippen LogP contribution < -0.4 is 15.8 Å². The first kappa shape index (κ1) is 16.2. The molecule has 126 valence electrons. The number of likely N-dealkylation sites (N-methyl/N-ethyl adjacent to an activating group) is 1. The minimum Gasteiger partial charge on any atom is -0.354 e. The number of pyridine rings is 2. The van der Waals surface area contributed by atoms with Gasteiger partial charge >= 0.3 is 0 Å². The molecule has 1 fully saturated rings. The summed E-state index contributed by atoms with van der Waals surface area (Å²) in [6.45, 7) is 3.93. The Labute approximate surface area is 140 Å². The maximum absolute atomic E-state index is 12.0. The Morgan fingerprint density at radius 1 is 1.17 bits per heavy atom. The van der Waals surface area contributed by atoms with Gasteiger partial charge in [-0.1, -0.05) is 6.07 Å². The van der Waals surface area contributed by atoms with Crippen LogP contribution in [0, 0.1) is 0 Å². The first-order valence-electron chi connectivity index (χ1n) is 7.97. The quantitative estimate of drug-likeness (QED) is 0.892. The Kier molecular flexibility index (Phi) is 4.90. The van der Waals surface area contributed by atoms with Gasteiger partial charge in [0.05, 0.1) is 11.9 Å². The van der Waals surface area contributed by atoms with E-state index in [-0.39, 0.29) is 18.0 Å². The number of nitrogens with zero attached hydrogens (tertiary/aromatic N) is 4. The molecule has 7 heteroatoms. The lowest BCUT2D eigenvalue weighted by molar-refractivity contribution is -0.116. The van der Waals surface area contributed by atoms with Crippen molar-refractivity contribution in [2.75, 3.05) is 43.4 Å². The molecule has 0 aliphatic carbocycles. The average Bonchev–Trinajstić information content (AvgIpc) is 2.58. The summed E-state index contributed by atoms with van der Waals surface area (Å²) >= 11 is 0. The highest BCUT2D eigenvalue weighted by atomic mass is 16.2. The zero-order valence-electron chi connectivity index (χ0n) is 13.7. The normalized spacial score (nSPS) is 15.3. The summed E-state index contributed by atoms with van der Waals surface area (Å²) in [5.74, 6) is 0.665. The molecular formula is C17H21N5O2. The topological polar surface area (TPSA) is 70.5 Å². The molecule has 3 rings (SSSR count). The molecule has 0 bridgehead atoms. The molecular weight excluding hydrogens is 306 g/mol. The number of carbonyl (C=O) groups is 1. The molecule has 1 aliphatic heterocycles. The van der Waals surface area contributed by atoms with Crippen LogP contribution in [0.2, 0.25) is 0 Å². The number of hydrogen-bond acceptors (Lipinski definition) is 5. The van der Waals surface area contributed by atoms with Crippen molar-refractivity contribution in [2.24, 2.45) is 0 Å². The molecule has 0 atom stereocenters. The smallest absolute Gasteiger partial charge is 0.250 e. The maximum atomic E-state index is 12.0. The van der Waals surface area contributed by atoms with Crippen LogP contribution in [0.25, 0.3) is 0 Å². The molecule has 1 aliphatic rings. The van der Waals surface area contributed by atoms with Crippen LogP contribution in [0.1, 0.15) is 0 Å². The molecule has 2 aromatic rings. The minimum absolute atomic E-state index is 0.0140. The van der Waals surface area contributed by atoms with Crippen molar-refractivity contribution in [3.63, 3.8) is 0 Å². The van der Waals surface area contributed by atoms with Crippen molar-refractivity contribution in [1.82, 2.24) is 14.5 Å². The summed E-state index contributed by atoms with van der Waals surface area (Å²) in [6.07, 6.45) is 3.25. The largest absolute Gasteiger partial charge is 0.354 e. The van der Waals surface area contributed by atoms with Crippen molar-refractivity contribution in [2.45, 2.75) is 6.54 Å². The summed E-state index contributed by atoms with van der Waals surface area (Å²) in [5, 5.41) is 2.77. The van der Waals surface area contributed by atoms with E-state index in [9.17, 15) is 9.59 Å². The number of carbonyl (C=O) groups excluding carboxylic acids is 1. The van der Waals surface area contributed by atoms with E-state index in [1.54, 1.807) is 24.5 Å². The lowest BCUT2D eigenvalue weighted by Gasteiger charge is -2.33. The van der Waals surface area contributed by atoms with Gasteiger partial charge in [-0.3, -0.25) is 9.59 Å². The van der Waals surface area contributed by atoms with Gasteiger partial charge in [-0.15, -0.1) is 0 Å². The van der Waals surface area contributed by atoms with E-state index in [0.717, 1.165) is 32.0 Å². The summed E-state index contributed by atoms with van der Waals surface area (Å²) < 4.78 is 1.36. The molecule has 3 heterocycles. The summed E-state index contributed by atoms with van der Waals surface area (Å²) in [6, 6.07) is 8.56. The zero-order chi connectivity index (χ0) is 16.9. The van der Waals surface area contributed by atoms with Gasteiger partial charge in [-0.2, -0.15) is 0 Å². The van der Waals surface area contributed by atoms with Gasteiger partial charge < -0.3 is 19.7 Å². The third-order valence-corrected chi connectivity index (χ3v) is 4.07. The highest BCUT2D eigenvalue weighted by Crippen LogP contribution is 2.15. The highest BCUT2D eigenvalue weighted by Gasteiger charge is 2.15. The second-order valence-corrected chi connectivity index (χ2v) is 5.91. The van der Waals surface area contributed by atoms with Gasteiger partial charge in [0, 0.05) is 38.4 Å². The van der Waals surface area contributed by atoms with Crippen molar-refractivity contribution in [3.05, 3.63) is 53.1 Å². The number of piperazine rings is 1. The molecule has 0 aromatic carbocycles. The number of nitrogens with one attached hydrogen (secondary N) is 1. The molecule has 0 saturated carbocycles. The third kappa shape index (κ3) is 3.99. The second kappa shape index (κ2) is 7.27. The van der Waals surface area contributed by atoms with Crippen LogP contribution in [-0.2, 0) is 11.3 Å². The Hall–Kier alpha value is -2.67. The fourth-order valence-corrected chi connectivity index (χ4v) is 2.63. The third-order valence-electron chi connectivity index (χ3n) is 4.07. The van der Waals surface area contributed by atoms with Crippen LogP contribution in [-0.4, -0.2) is 53.6 Å². The predicted octanol–water partition coefficient (Wildman–Crippen LogP) is 0.634. The van der Waals surface area contributed by atoms with Gasteiger partial charge in [0.2, 0.25) is 5.91 Å². The molecule has 1 amide bonds. The van der Waals surface area contributed by atoms with Crippen LogP contribution >= 0.6 is 0 Å². The van der Waals surface area contributed by atoms with Gasteiger partial charge in [0.15, 0.2) is 0 Å². The van der Waals surface area contributed by atoms with Crippen LogP contribution in [0.5, 0.6) is 0 Å². The number of aromatic nitrogens is 2. The standard InChI is InChI=1S/C17H21N5O2/c1-20-8-10-21(11-9-20)15-6-5-14(12-18-15)19-16(23)13-22-7-3-2-4-17(22)24/h2-7,12H,8-11,13H2,1H3,(H,19,23). The number of hydrogen-bond donors (Lipinski definition) is 1.